The first kappa shape index (κ1) is 19.2. The van der Waals surface area contributed by atoms with Gasteiger partial charge in [0.05, 0.1) is 0 Å². The van der Waals surface area contributed by atoms with Crippen LogP contribution < -0.4 is 5.32 Å². The summed E-state index contributed by atoms with van der Waals surface area (Å²) in [6.07, 6.45) is 1.85. The summed E-state index contributed by atoms with van der Waals surface area (Å²) >= 11 is 0. The summed E-state index contributed by atoms with van der Waals surface area (Å²) in [4.78, 5) is 26.4. The van der Waals surface area contributed by atoms with Crippen LogP contribution in [-0.4, -0.2) is 41.6 Å². The van der Waals surface area contributed by atoms with E-state index < -0.39 is 11.4 Å². The molecule has 1 saturated heterocycles. The fraction of sp³-hybridized carbons (Fsp3) is 0.579. The second kappa shape index (κ2) is 7.85. The number of piperidine rings is 1. The van der Waals surface area contributed by atoms with Crippen molar-refractivity contribution in [1.29, 1.82) is 0 Å². The molecule has 0 unspecified atom stereocenters. The molecule has 1 fully saturated rings. The van der Waals surface area contributed by atoms with E-state index in [9.17, 15) is 14.0 Å². The second-order valence-electron chi connectivity index (χ2n) is 7.39. The van der Waals surface area contributed by atoms with Gasteiger partial charge in [0.1, 0.15) is 11.4 Å². The molecular formula is C19H27FN2O3. The van der Waals surface area contributed by atoms with Crippen molar-refractivity contribution in [3.8, 4) is 0 Å². The molecule has 6 heteroatoms. The van der Waals surface area contributed by atoms with E-state index in [1.54, 1.807) is 11.0 Å². The lowest BCUT2D eigenvalue weighted by Gasteiger charge is -2.34. The molecule has 0 aromatic heterocycles. The van der Waals surface area contributed by atoms with Gasteiger partial charge in [0.25, 0.3) is 5.91 Å². The maximum Gasteiger partial charge on any atom is 0.410 e. The molecule has 1 heterocycles. The number of carbonyl (C=O) groups excluding carboxylic acids is 2. The monoisotopic (exact) mass is 350 g/mol. The van der Waals surface area contributed by atoms with Gasteiger partial charge in [-0.3, -0.25) is 4.79 Å². The van der Waals surface area contributed by atoms with Gasteiger partial charge >= 0.3 is 6.09 Å². The Morgan fingerprint density at radius 2 is 2.08 bits per heavy atom. The van der Waals surface area contributed by atoms with Crippen molar-refractivity contribution in [2.24, 2.45) is 0 Å². The highest BCUT2D eigenvalue weighted by atomic mass is 19.1. The molecule has 0 radical (unpaired) electrons. The van der Waals surface area contributed by atoms with Crippen molar-refractivity contribution in [3.05, 3.63) is 35.1 Å². The summed E-state index contributed by atoms with van der Waals surface area (Å²) in [5.41, 5.74) is 0.612. The zero-order valence-corrected chi connectivity index (χ0v) is 15.4. The molecule has 2 amide bonds. The molecule has 1 aliphatic rings. The van der Waals surface area contributed by atoms with Crippen LogP contribution in [0.25, 0.3) is 0 Å². The second-order valence-corrected chi connectivity index (χ2v) is 7.39. The van der Waals surface area contributed by atoms with Crippen LogP contribution >= 0.6 is 0 Å². The predicted molar refractivity (Wildman–Crippen MR) is 94.1 cm³/mol. The van der Waals surface area contributed by atoms with Gasteiger partial charge in [-0.05, 0) is 57.7 Å². The molecule has 5 nitrogen and oxygen atoms in total. The summed E-state index contributed by atoms with van der Waals surface area (Å²) in [6, 6.07) is 4.10. The normalized spacial score (nSPS) is 18.0. The van der Waals surface area contributed by atoms with Crippen molar-refractivity contribution in [3.63, 3.8) is 0 Å². The Hall–Kier alpha value is -2.11. The molecule has 25 heavy (non-hydrogen) atoms. The van der Waals surface area contributed by atoms with E-state index in [0.717, 1.165) is 18.4 Å². The highest BCUT2D eigenvalue weighted by Crippen LogP contribution is 2.17. The van der Waals surface area contributed by atoms with Crippen LogP contribution in [0.2, 0.25) is 0 Å². The van der Waals surface area contributed by atoms with E-state index in [1.165, 1.54) is 12.1 Å². The highest BCUT2D eigenvalue weighted by molar-refractivity contribution is 5.96. The third-order valence-corrected chi connectivity index (χ3v) is 4.11. The van der Waals surface area contributed by atoms with E-state index in [0.29, 0.717) is 25.1 Å². The van der Waals surface area contributed by atoms with Crippen molar-refractivity contribution < 1.29 is 18.7 Å². The number of hydrogen-bond acceptors (Lipinski definition) is 3. The van der Waals surface area contributed by atoms with E-state index in [-0.39, 0.29) is 18.0 Å². The molecule has 1 N–H and O–H groups in total. The fourth-order valence-corrected chi connectivity index (χ4v) is 2.92. The van der Waals surface area contributed by atoms with Gasteiger partial charge < -0.3 is 15.0 Å². The van der Waals surface area contributed by atoms with Crippen LogP contribution in [0.15, 0.2) is 18.2 Å². The number of hydrogen-bond donors (Lipinski definition) is 1. The Kier molecular flexibility index (Phi) is 6.03. The van der Waals surface area contributed by atoms with Crippen LogP contribution in [0.4, 0.5) is 9.18 Å². The smallest absolute Gasteiger partial charge is 0.410 e. The van der Waals surface area contributed by atoms with E-state index >= 15 is 0 Å². The maximum absolute atomic E-state index is 13.5. The Morgan fingerprint density at radius 1 is 1.36 bits per heavy atom. The first-order valence-corrected chi connectivity index (χ1v) is 8.77. The van der Waals surface area contributed by atoms with Crippen molar-refractivity contribution in [2.75, 3.05) is 13.1 Å². The fourth-order valence-electron chi connectivity index (χ4n) is 2.92. The number of rotatable bonds is 3. The molecule has 1 aliphatic heterocycles. The average molecular weight is 350 g/mol. The van der Waals surface area contributed by atoms with Crippen LogP contribution in [0.3, 0.4) is 0 Å². The summed E-state index contributed by atoms with van der Waals surface area (Å²) < 4.78 is 18.9. The number of nitrogens with zero attached hydrogens (tertiary/aromatic N) is 1. The quantitative estimate of drug-likeness (QED) is 0.907. The van der Waals surface area contributed by atoms with Gasteiger partial charge in [-0.15, -0.1) is 0 Å². The molecule has 0 bridgehead atoms. The number of halogens is 1. The topological polar surface area (TPSA) is 58.6 Å². The van der Waals surface area contributed by atoms with Crippen LogP contribution in [0, 0.1) is 5.82 Å². The van der Waals surface area contributed by atoms with Gasteiger partial charge in [0.15, 0.2) is 0 Å². The third kappa shape index (κ3) is 5.44. The first-order valence-electron chi connectivity index (χ1n) is 8.77. The minimum atomic E-state index is -0.551. The van der Waals surface area contributed by atoms with Gasteiger partial charge in [-0.2, -0.15) is 0 Å². The molecular weight excluding hydrogens is 323 g/mol. The van der Waals surface area contributed by atoms with E-state index in [2.05, 4.69) is 5.32 Å². The molecule has 2 rings (SSSR count). The number of amides is 2. The molecule has 1 aromatic carbocycles. The zero-order chi connectivity index (χ0) is 18.6. The number of benzene rings is 1. The minimum absolute atomic E-state index is 0.165. The van der Waals surface area contributed by atoms with Crippen molar-refractivity contribution >= 4 is 12.0 Å². The number of ether oxygens (including phenoxy) is 1. The highest BCUT2D eigenvalue weighted by Gasteiger charge is 2.28. The predicted octanol–water partition coefficient (Wildman–Crippen LogP) is 3.52. The Bertz CT molecular complexity index is 640. The zero-order valence-electron chi connectivity index (χ0n) is 15.4. The van der Waals surface area contributed by atoms with Gasteiger partial charge in [-0.25, -0.2) is 9.18 Å². The molecule has 0 spiro atoms. The first-order chi connectivity index (χ1) is 11.7. The number of likely N-dealkylation sites (tertiary alicyclic amines) is 1. The Balaban J connectivity index is 2.02. The van der Waals surface area contributed by atoms with Gasteiger partial charge in [-0.1, -0.05) is 13.0 Å². The SMILES string of the molecule is CCc1ccc(F)cc1C(=O)N[C@H]1CCCN(C(=O)OC(C)(C)C)C1. The molecule has 138 valence electrons. The lowest BCUT2D eigenvalue weighted by atomic mass is 10.0. The van der Waals surface area contributed by atoms with Gasteiger partial charge in [0, 0.05) is 24.7 Å². The lowest BCUT2D eigenvalue weighted by molar-refractivity contribution is 0.0185. The summed E-state index contributed by atoms with van der Waals surface area (Å²) in [5.74, 6) is -0.728. The minimum Gasteiger partial charge on any atom is -0.444 e. The summed E-state index contributed by atoms with van der Waals surface area (Å²) in [7, 11) is 0. The standard InChI is InChI=1S/C19H27FN2O3/c1-5-13-8-9-14(20)11-16(13)17(23)21-15-7-6-10-22(12-15)18(24)25-19(2,3)4/h8-9,11,15H,5-7,10,12H2,1-4H3,(H,21,23)/t15-/m0/s1. The number of aryl methyl sites for hydroxylation is 1. The average Bonchev–Trinajstić information content (AvgIpc) is 2.53. The third-order valence-electron chi connectivity index (χ3n) is 4.11. The number of nitrogens with one attached hydrogen (secondary N) is 1. The number of carbonyl (C=O) groups is 2. The lowest BCUT2D eigenvalue weighted by Crippen LogP contribution is -2.50. The van der Waals surface area contributed by atoms with E-state index in [4.69, 9.17) is 4.74 Å². The summed E-state index contributed by atoms with van der Waals surface area (Å²) in [6.45, 7) is 8.41. The van der Waals surface area contributed by atoms with Gasteiger partial charge in [0.2, 0.25) is 0 Å². The molecule has 0 saturated carbocycles. The molecule has 1 aromatic rings. The van der Waals surface area contributed by atoms with E-state index in [1.807, 2.05) is 27.7 Å². The van der Waals surface area contributed by atoms with Crippen molar-refractivity contribution in [1.82, 2.24) is 10.2 Å². The Labute approximate surface area is 148 Å². The maximum atomic E-state index is 13.5. The van der Waals surface area contributed by atoms with Crippen molar-refractivity contribution in [2.45, 2.75) is 58.6 Å². The molecule has 1 atom stereocenters. The Morgan fingerprint density at radius 3 is 2.72 bits per heavy atom. The summed E-state index contributed by atoms with van der Waals surface area (Å²) in [5, 5.41) is 2.93. The largest absolute Gasteiger partial charge is 0.444 e. The van der Waals surface area contributed by atoms with Crippen LogP contribution in [0.5, 0.6) is 0 Å². The van der Waals surface area contributed by atoms with Crippen LogP contribution in [0.1, 0.15) is 56.5 Å². The van der Waals surface area contributed by atoms with Crippen LogP contribution in [-0.2, 0) is 11.2 Å². The molecule has 0 aliphatic carbocycles.